The molecule has 3 aromatic carbocycles. The van der Waals surface area contributed by atoms with Crippen molar-refractivity contribution < 1.29 is 13.9 Å². The van der Waals surface area contributed by atoms with Crippen molar-refractivity contribution in [1.82, 2.24) is 0 Å². The molecule has 0 saturated carbocycles. The summed E-state index contributed by atoms with van der Waals surface area (Å²) in [4.78, 5) is 0. The molecule has 3 heteroatoms. The van der Waals surface area contributed by atoms with Gasteiger partial charge in [-0.15, -0.1) is 0 Å². The average molecular weight is 324 g/mol. The summed E-state index contributed by atoms with van der Waals surface area (Å²) in [5, 5.41) is 2.26. The topological polar surface area (TPSA) is 18.5 Å². The van der Waals surface area contributed by atoms with Crippen molar-refractivity contribution in [3.05, 3.63) is 59.9 Å². The molecular formula is C21H21FO2. The van der Waals surface area contributed by atoms with Crippen LogP contribution in [0.1, 0.15) is 18.9 Å². The molecule has 0 spiro atoms. The van der Waals surface area contributed by atoms with Crippen LogP contribution < -0.4 is 9.47 Å². The molecule has 2 nitrogen and oxygen atoms in total. The van der Waals surface area contributed by atoms with E-state index in [2.05, 4.69) is 31.2 Å². The molecule has 0 aliphatic carbocycles. The van der Waals surface area contributed by atoms with Crippen LogP contribution in [0.25, 0.3) is 21.9 Å². The van der Waals surface area contributed by atoms with Crippen LogP contribution in [0.2, 0.25) is 0 Å². The van der Waals surface area contributed by atoms with Crippen molar-refractivity contribution in [3.63, 3.8) is 0 Å². The molecule has 0 aliphatic rings. The van der Waals surface area contributed by atoms with Gasteiger partial charge in [-0.1, -0.05) is 49.7 Å². The van der Waals surface area contributed by atoms with E-state index in [0.717, 1.165) is 23.8 Å². The van der Waals surface area contributed by atoms with Gasteiger partial charge in [-0.05, 0) is 40.5 Å². The van der Waals surface area contributed by atoms with E-state index in [1.165, 1.54) is 24.1 Å². The van der Waals surface area contributed by atoms with Crippen LogP contribution in [0.4, 0.5) is 4.39 Å². The number of halogens is 1. The van der Waals surface area contributed by atoms with Gasteiger partial charge < -0.3 is 9.47 Å². The Balaban J connectivity index is 2.35. The second kappa shape index (κ2) is 6.91. The van der Waals surface area contributed by atoms with Crippen molar-refractivity contribution >= 4 is 10.8 Å². The smallest absolute Gasteiger partial charge is 0.166 e. The molecule has 3 rings (SSSR count). The van der Waals surface area contributed by atoms with E-state index < -0.39 is 5.82 Å². The van der Waals surface area contributed by atoms with Crippen molar-refractivity contribution in [2.45, 2.75) is 19.8 Å². The number of fused-ring (bicyclic) bond motifs is 1. The van der Waals surface area contributed by atoms with E-state index in [9.17, 15) is 4.39 Å². The van der Waals surface area contributed by atoms with Gasteiger partial charge >= 0.3 is 0 Å². The lowest BCUT2D eigenvalue weighted by Gasteiger charge is -2.16. The SMILES string of the molecule is CCCc1cccc2c(-c3c(OC)ccc(F)c3OC)cccc12. The zero-order valence-electron chi connectivity index (χ0n) is 14.2. The van der Waals surface area contributed by atoms with Gasteiger partial charge in [0.1, 0.15) is 5.75 Å². The molecule has 0 fully saturated rings. The Morgan fingerprint density at radius 1 is 0.875 bits per heavy atom. The van der Waals surface area contributed by atoms with Gasteiger partial charge in [-0.25, -0.2) is 4.39 Å². The molecule has 0 aliphatic heterocycles. The van der Waals surface area contributed by atoms with E-state index in [0.29, 0.717) is 11.3 Å². The first-order valence-electron chi connectivity index (χ1n) is 8.12. The van der Waals surface area contributed by atoms with Crippen molar-refractivity contribution in [2.75, 3.05) is 14.2 Å². The zero-order chi connectivity index (χ0) is 17.1. The maximum Gasteiger partial charge on any atom is 0.166 e. The fraction of sp³-hybridized carbons (Fsp3) is 0.238. The first-order chi connectivity index (χ1) is 11.7. The molecule has 0 bridgehead atoms. The Bertz CT molecular complexity index is 871. The Hall–Kier alpha value is -2.55. The number of hydrogen-bond acceptors (Lipinski definition) is 2. The molecule has 0 atom stereocenters. The van der Waals surface area contributed by atoms with Crippen molar-refractivity contribution in [1.29, 1.82) is 0 Å². The largest absolute Gasteiger partial charge is 0.496 e. The monoisotopic (exact) mass is 324 g/mol. The van der Waals surface area contributed by atoms with Crippen LogP contribution in [0, 0.1) is 5.82 Å². The predicted octanol–water partition coefficient (Wildman–Crippen LogP) is 5.62. The molecule has 0 unspecified atom stereocenters. The molecule has 3 aromatic rings. The first-order valence-corrected chi connectivity index (χ1v) is 8.12. The fourth-order valence-electron chi connectivity index (χ4n) is 3.24. The molecule has 0 N–H and O–H groups in total. The quantitative estimate of drug-likeness (QED) is 0.607. The number of aryl methyl sites for hydroxylation is 1. The van der Waals surface area contributed by atoms with Gasteiger partial charge in [0.25, 0.3) is 0 Å². The molecule has 0 aromatic heterocycles. The minimum atomic E-state index is -0.394. The number of methoxy groups -OCH3 is 2. The lowest BCUT2D eigenvalue weighted by atomic mass is 9.93. The van der Waals surface area contributed by atoms with Gasteiger partial charge in [0.15, 0.2) is 11.6 Å². The molecule has 0 saturated heterocycles. The minimum Gasteiger partial charge on any atom is -0.496 e. The molecular weight excluding hydrogens is 303 g/mol. The summed E-state index contributed by atoms with van der Waals surface area (Å²) in [6, 6.07) is 15.4. The third-order valence-corrected chi connectivity index (χ3v) is 4.30. The fourth-order valence-corrected chi connectivity index (χ4v) is 3.24. The van der Waals surface area contributed by atoms with Gasteiger partial charge in [-0.2, -0.15) is 0 Å². The van der Waals surface area contributed by atoms with Gasteiger partial charge in [0.2, 0.25) is 0 Å². The summed E-state index contributed by atoms with van der Waals surface area (Å²) >= 11 is 0. The molecule has 24 heavy (non-hydrogen) atoms. The second-order valence-electron chi connectivity index (χ2n) is 5.73. The van der Waals surface area contributed by atoms with E-state index in [4.69, 9.17) is 9.47 Å². The highest BCUT2D eigenvalue weighted by Crippen LogP contribution is 2.43. The van der Waals surface area contributed by atoms with Crippen LogP contribution in [-0.2, 0) is 6.42 Å². The van der Waals surface area contributed by atoms with E-state index in [1.54, 1.807) is 13.2 Å². The third kappa shape index (κ3) is 2.71. The highest BCUT2D eigenvalue weighted by molar-refractivity contribution is 6.01. The Morgan fingerprint density at radius 3 is 2.33 bits per heavy atom. The van der Waals surface area contributed by atoms with Crippen LogP contribution in [0.5, 0.6) is 11.5 Å². The predicted molar refractivity (Wildman–Crippen MR) is 96.4 cm³/mol. The highest BCUT2D eigenvalue weighted by Gasteiger charge is 2.19. The lowest BCUT2D eigenvalue weighted by molar-refractivity contribution is 0.377. The number of hydrogen-bond donors (Lipinski definition) is 0. The summed E-state index contributed by atoms with van der Waals surface area (Å²) < 4.78 is 25.1. The normalized spacial score (nSPS) is 10.8. The van der Waals surface area contributed by atoms with E-state index >= 15 is 0 Å². The molecule has 124 valence electrons. The number of rotatable bonds is 5. The molecule has 0 heterocycles. The first kappa shape index (κ1) is 16.3. The van der Waals surface area contributed by atoms with E-state index in [-0.39, 0.29) is 5.75 Å². The zero-order valence-corrected chi connectivity index (χ0v) is 14.2. The maximum absolute atomic E-state index is 14.3. The third-order valence-electron chi connectivity index (χ3n) is 4.30. The number of ether oxygens (including phenoxy) is 2. The van der Waals surface area contributed by atoms with E-state index in [1.807, 2.05) is 12.1 Å². The number of benzene rings is 3. The summed E-state index contributed by atoms with van der Waals surface area (Å²) in [6.07, 6.45) is 2.09. The molecule has 0 radical (unpaired) electrons. The standard InChI is InChI=1S/C21H21FO2/c1-4-7-14-8-5-10-16-15(14)9-6-11-17(16)20-19(23-2)13-12-18(22)21(20)24-3/h5-6,8-13H,4,7H2,1-3H3. The average Bonchev–Trinajstić information content (AvgIpc) is 2.61. The Morgan fingerprint density at radius 2 is 1.62 bits per heavy atom. The van der Waals surface area contributed by atoms with Crippen molar-refractivity contribution in [3.8, 4) is 22.6 Å². The molecule has 0 amide bonds. The highest BCUT2D eigenvalue weighted by atomic mass is 19.1. The minimum absolute atomic E-state index is 0.211. The summed E-state index contributed by atoms with van der Waals surface area (Å²) in [5.74, 6) is 0.416. The maximum atomic E-state index is 14.3. The Labute approximate surface area is 141 Å². The summed E-state index contributed by atoms with van der Waals surface area (Å²) in [7, 11) is 3.07. The summed E-state index contributed by atoms with van der Waals surface area (Å²) in [5.41, 5.74) is 2.86. The second-order valence-corrected chi connectivity index (χ2v) is 5.73. The van der Waals surface area contributed by atoms with Crippen LogP contribution in [0.15, 0.2) is 48.5 Å². The summed E-state index contributed by atoms with van der Waals surface area (Å²) in [6.45, 7) is 2.17. The van der Waals surface area contributed by atoms with Gasteiger partial charge in [0.05, 0.1) is 19.8 Å². The van der Waals surface area contributed by atoms with Crippen LogP contribution in [-0.4, -0.2) is 14.2 Å². The lowest BCUT2D eigenvalue weighted by Crippen LogP contribution is -1.97. The van der Waals surface area contributed by atoms with Gasteiger partial charge in [-0.3, -0.25) is 0 Å². The Kier molecular flexibility index (Phi) is 4.70. The van der Waals surface area contributed by atoms with Crippen molar-refractivity contribution in [2.24, 2.45) is 0 Å². The van der Waals surface area contributed by atoms with Gasteiger partial charge in [0, 0.05) is 0 Å². The van der Waals surface area contributed by atoms with Crippen LogP contribution >= 0.6 is 0 Å². The van der Waals surface area contributed by atoms with Crippen LogP contribution in [0.3, 0.4) is 0 Å².